The van der Waals surface area contributed by atoms with Crippen LogP contribution in [0.4, 0.5) is 5.69 Å². The minimum atomic E-state index is -0.168. The maximum Gasteiger partial charge on any atom is 0.282 e. The van der Waals surface area contributed by atoms with E-state index in [4.69, 9.17) is 14.5 Å². The number of aliphatic imine (C=N–C) groups is 1. The molecule has 162 valence electrons. The van der Waals surface area contributed by atoms with E-state index in [0.29, 0.717) is 24.7 Å². The largest absolute Gasteiger partial charge is 0.494 e. The Balaban J connectivity index is 1.72. The van der Waals surface area contributed by atoms with Gasteiger partial charge in [-0.05, 0) is 68.8 Å². The zero-order valence-electron chi connectivity index (χ0n) is 18.5. The predicted octanol–water partition coefficient (Wildman–Crippen LogP) is 5.63. The van der Waals surface area contributed by atoms with E-state index < -0.39 is 0 Å². The first-order chi connectivity index (χ1) is 15.6. The summed E-state index contributed by atoms with van der Waals surface area (Å²) in [4.78, 5) is 19.8. The Bertz CT molecular complexity index is 1150. The van der Waals surface area contributed by atoms with Gasteiger partial charge in [0.2, 0.25) is 0 Å². The molecule has 0 saturated carbocycles. The summed E-state index contributed by atoms with van der Waals surface area (Å²) in [5.74, 6) is 2.00. The Morgan fingerprint density at radius 2 is 1.38 bits per heavy atom. The highest BCUT2D eigenvalue weighted by Crippen LogP contribution is 2.29. The molecule has 0 saturated heterocycles. The number of ether oxygens (including phenoxy) is 2. The fourth-order valence-corrected chi connectivity index (χ4v) is 3.50. The molecule has 1 aliphatic rings. The second-order valence-corrected chi connectivity index (χ2v) is 7.40. The van der Waals surface area contributed by atoms with Crippen LogP contribution in [0.3, 0.4) is 0 Å². The highest BCUT2D eigenvalue weighted by Gasteiger charge is 2.32. The third kappa shape index (κ3) is 4.57. The van der Waals surface area contributed by atoms with Crippen LogP contribution in [0.25, 0.3) is 6.08 Å². The topological polar surface area (TPSA) is 51.1 Å². The van der Waals surface area contributed by atoms with E-state index in [1.807, 2.05) is 93.6 Å². The fraction of sp³-hybridized carbons (Fsp3) is 0.185. The molecule has 3 aromatic carbocycles. The summed E-state index contributed by atoms with van der Waals surface area (Å²) in [6.45, 7) is 7.13. The molecule has 32 heavy (non-hydrogen) atoms. The molecule has 0 spiro atoms. The number of benzene rings is 3. The fourth-order valence-electron chi connectivity index (χ4n) is 3.50. The van der Waals surface area contributed by atoms with E-state index in [2.05, 4.69) is 0 Å². The second-order valence-electron chi connectivity index (χ2n) is 7.40. The van der Waals surface area contributed by atoms with Crippen molar-refractivity contribution in [2.45, 2.75) is 20.8 Å². The molecule has 1 heterocycles. The van der Waals surface area contributed by atoms with Crippen LogP contribution in [0.5, 0.6) is 11.5 Å². The van der Waals surface area contributed by atoms with Gasteiger partial charge in [-0.15, -0.1) is 0 Å². The van der Waals surface area contributed by atoms with Gasteiger partial charge in [-0.25, -0.2) is 4.99 Å². The molecular formula is C27H26N2O3. The maximum atomic E-state index is 13.4. The van der Waals surface area contributed by atoms with Gasteiger partial charge >= 0.3 is 0 Å². The Kier molecular flexibility index (Phi) is 6.36. The Morgan fingerprint density at radius 1 is 0.812 bits per heavy atom. The summed E-state index contributed by atoms with van der Waals surface area (Å²) >= 11 is 0. The molecule has 0 fully saturated rings. The summed E-state index contributed by atoms with van der Waals surface area (Å²) < 4.78 is 11.1. The summed E-state index contributed by atoms with van der Waals surface area (Å²) in [7, 11) is 0. The first-order valence-corrected chi connectivity index (χ1v) is 10.8. The number of aryl methyl sites for hydroxylation is 1. The second kappa shape index (κ2) is 9.52. The maximum absolute atomic E-state index is 13.4. The van der Waals surface area contributed by atoms with Crippen molar-refractivity contribution in [3.63, 3.8) is 0 Å². The summed E-state index contributed by atoms with van der Waals surface area (Å²) in [6, 6.07) is 23.1. The summed E-state index contributed by atoms with van der Waals surface area (Å²) in [5.41, 5.74) is 4.05. The van der Waals surface area contributed by atoms with Gasteiger partial charge < -0.3 is 9.47 Å². The van der Waals surface area contributed by atoms with Crippen molar-refractivity contribution in [1.82, 2.24) is 0 Å². The third-order valence-electron chi connectivity index (χ3n) is 5.07. The monoisotopic (exact) mass is 426 g/mol. The highest BCUT2D eigenvalue weighted by molar-refractivity contribution is 6.33. The molecule has 0 aliphatic carbocycles. The number of amides is 1. The van der Waals surface area contributed by atoms with Gasteiger partial charge in [0.25, 0.3) is 5.91 Å². The molecule has 3 aromatic rings. The van der Waals surface area contributed by atoms with Crippen LogP contribution in [0, 0.1) is 6.92 Å². The van der Waals surface area contributed by atoms with Gasteiger partial charge in [0.1, 0.15) is 23.0 Å². The molecule has 5 heteroatoms. The highest BCUT2D eigenvalue weighted by atomic mass is 16.5. The van der Waals surface area contributed by atoms with Crippen LogP contribution in [0.2, 0.25) is 0 Å². The molecule has 0 N–H and O–H groups in total. The van der Waals surface area contributed by atoms with Crippen LogP contribution < -0.4 is 14.4 Å². The Hall–Kier alpha value is -3.86. The number of rotatable bonds is 7. The lowest BCUT2D eigenvalue weighted by atomic mass is 10.1. The number of anilines is 1. The molecule has 0 aromatic heterocycles. The Morgan fingerprint density at radius 3 is 1.94 bits per heavy atom. The van der Waals surface area contributed by atoms with E-state index in [0.717, 1.165) is 33.9 Å². The van der Waals surface area contributed by atoms with Gasteiger partial charge in [0.05, 0.1) is 18.9 Å². The average molecular weight is 427 g/mol. The smallest absolute Gasteiger partial charge is 0.282 e. The normalized spacial score (nSPS) is 14.6. The molecule has 5 nitrogen and oxygen atoms in total. The number of hydrogen-bond acceptors (Lipinski definition) is 4. The lowest BCUT2D eigenvalue weighted by molar-refractivity contribution is -0.113. The van der Waals surface area contributed by atoms with Gasteiger partial charge in [0.15, 0.2) is 0 Å². The molecule has 4 rings (SSSR count). The number of carbonyl (C=O) groups excluding carboxylic acids is 1. The molecule has 0 unspecified atom stereocenters. The van der Waals surface area contributed by atoms with Crippen LogP contribution in [0.15, 0.2) is 83.5 Å². The lowest BCUT2D eigenvalue weighted by Crippen LogP contribution is -2.32. The van der Waals surface area contributed by atoms with Gasteiger partial charge in [0, 0.05) is 5.56 Å². The zero-order chi connectivity index (χ0) is 22.5. The molecular weight excluding hydrogens is 400 g/mol. The molecule has 1 aliphatic heterocycles. The molecule has 0 atom stereocenters. The van der Waals surface area contributed by atoms with Crippen LogP contribution in [0.1, 0.15) is 30.5 Å². The SMILES string of the molecule is CCOc1ccc(C=C2N=C(c3ccc(C)cc3)N(c3ccc(OCC)cc3)C2=O)cc1. The molecule has 1 amide bonds. The van der Waals surface area contributed by atoms with Crippen molar-refractivity contribution >= 4 is 23.5 Å². The predicted molar refractivity (Wildman–Crippen MR) is 128 cm³/mol. The minimum Gasteiger partial charge on any atom is -0.494 e. The first-order valence-electron chi connectivity index (χ1n) is 10.8. The molecule has 0 radical (unpaired) electrons. The standard InChI is InChI=1S/C27H26N2O3/c1-4-31-23-14-8-20(9-15-23)18-25-27(30)29(22-12-16-24(17-13-22)32-5-2)26(28-25)21-10-6-19(3)7-11-21/h6-18H,4-5H2,1-3H3. The summed E-state index contributed by atoms with van der Waals surface area (Å²) in [5, 5.41) is 0. The number of nitrogens with zero attached hydrogens (tertiary/aromatic N) is 2. The van der Waals surface area contributed by atoms with Crippen molar-refractivity contribution in [1.29, 1.82) is 0 Å². The van der Waals surface area contributed by atoms with Gasteiger partial charge in [-0.2, -0.15) is 0 Å². The van der Waals surface area contributed by atoms with Crippen LogP contribution >= 0.6 is 0 Å². The number of amidine groups is 1. The molecule has 0 bridgehead atoms. The van der Waals surface area contributed by atoms with Crippen LogP contribution in [-0.4, -0.2) is 25.0 Å². The third-order valence-corrected chi connectivity index (χ3v) is 5.07. The van der Waals surface area contributed by atoms with E-state index in [1.165, 1.54) is 0 Å². The minimum absolute atomic E-state index is 0.168. The van der Waals surface area contributed by atoms with E-state index >= 15 is 0 Å². The lowest BCUT2D eigenvalue weighted by Gasteiger charge is -2.19. The van der Waals surface area contributed by atoms with E-state index in [9.17, 15) is 4.79 Å². The van der Waals surface area contributed by atoms with E-state index in [-0.39, 0.29) is 5.91 Å². The zero-order valence-corrected chi connectivity index (χ0v) is 18.5. The van der Waals surface area contributed by atoms with Crippen molar-refractivity contribution < 1.29 is 14.3 Å². The van der Waals surface area contributed by atoms with Crippen molar-refractivity contribution in [3.8, 4) is 11.5 Å². The van der Waals surface area contributed by atoms with E-state index in [1.54, 1.807) is 11.0 Å². The summed E-state index contributed by atoms with van der Waals surface area (Å²) in [6.07, 6.45) is 1.81. The first kappa shape index (κ1) is 21.4. The van der Waals surface area contributed by atoms with Crippen LogP contribution in [-0.2, 0) is 4.79 Å². The number of carbonyl (C=O) groups is 1. The average Bonchev–Trinajstić information content (AvgIpc) is 3.12. The quantitative estimate of drug-likeness (QED) is 0.460. The Labute approximate surface area is 188 Å². The van der Waals surface area contributed by atoms with Gasteiger partial charge in [-0.1, -0.05) is 42.0 Å². The van der Waals surface area contributed by atoms with Crippen molar-refractivity contribution in [3.05, 3.63) is 95.2 Å². The van der Waals surface area contributed by atoms with Gasteiger partial charge in [-0.3, -0.25) is 9.69 Å². The van der Waals surface area contributed by atoms with Crippen molar-refractivity contribution in [2.75, 3.05) is 18.1 Å². The number of hydrogen-bond donors (Lipinski definition) is 0. The van der Waals surface area contributed by atoms with Crippen molar-refractivity contribution in [2.24, 2.45) is 4.99 Å².